The lowest BCUT2D eigenvalue weighted by molar-refractivity contribution is 0.0224. The van der Waals surface area contributed by atoms with Crippen molar-refractivity contribution in [3.63, 3.8) is 0 Å². The van der Waals surface area contributed by atoms with E-state index in [1.54, 1.807) is 0 Å². The maximum Gasteiger partial charge on any atom is 0.0848 e. The van der Waals surface area contributed by atoms with Crippen molar-refractivity contribution >= 4 is 11.6 Å². The zero-order valence-electron chi connectivity index (χ0n) is 10.0. The Bertz CT molecular complexity index is 444. The molecule has 2 nitrogen and oxygen atoms in total. The van der Waals surface area contributed by atoms with Crippen LogP contribution in [0.4, 0.5) is 0 Å². The molecule has 1 aromatic carbocycles. The van der Waals surface area contributed by atoms with E-state index < -0.39 is 5.41 Å². The van der Waals surface area contributed by atoms with Gasteiger partial charge in [0.25, 0.3) is 0 Å². The minimum Gasteiger partial charge on any atom is -0.380 e. The van der Waals surface area contributed by atoms with Crippen molar-refractivity contribution in [2.45, 2.75) is 26.2 Å². The van der Waals surface area contributed by atoms with E-state index in [2.05, 4.69) is 6.07 Å². The molecule has 1 unspecified atom stereocenters. The molecule has 17 heavy (non-hydrogen) atoms. The predicted molar refractivity (Wildman–Crippen MR) is 68.0 cm³/mol. The molecule has 3 heteroatoms. The van der Waals surface area contributed by atoms with E-state index in [0.717, 1.165) is 35.6 Å². The van der Waals surface area contributed by atoms with Crippen LogP contribution in [0.25, 0.3) is 0 Å². The van der Waals surface area contributed by atoms with Gasteiger partial charge in [-0.2, -0.15) is 5.26 Å². The molecule has 1 fully saturated rings. The van der Waals surface area contributed by atoms with Gasteiger partial charge < -0.3 is 4.74 Å². The van der Waals surface area contributed by atoms with Gasteiger partial charge >= 0.3 is 0 Å². The second-order valence-electron chi connectivity index (χ2n) is 4.82. The molecular weight excluding hydrogens is 234 g/mol. The summed E-state index contributed by atoms with van der Waals surface area (Å²) in [5.41, 5.74) is 1.80. The molecule has 0 amide bonds. The fraction of sp³-hybridized carbons (Fsp3) is 0.500. The summed E-state index contributed by atoms with van der Waals surface area (Å²) in [5, 5.41) is 10.1. The van der Waals surface area contributed by atoms with E-state index in [4.69, 9.17) is 16.3 Å². The van der Waals surface area contributed by atoms with Crippen LogP contribution in [0.5, 0.6) is 0 Å². The van der Waals surface area contributed by atoms with Crippen molar-refractivity contribution in [1.29, 1.82) is 5.26 Å². The Morgan fingerprint density at radius 3 is 2.94 bits per heavy atom. The lowest BCUT2D eigenvalue weighted by Gasteiger charge is -2.30. The number of aryl methyl sites for hydroxylation is 1. The largest absolute Gasteiger partial charge is 0.380 e. The maximum absolute atomic E-state index is 9.38. The third kappa shape index (κ3) is 2.80. The van der Waals surface area contributed by atoms with Crippen LogP contribution in [-0.4, -0.2) is 13.2 Å². The number of halogens is 1. The van der Waals surface area contributed by atoms with Gasteiger partial charge in [0, 0.05) is 11.6 Å². The zero-order chi connectivity index (χ0) is 12.3. The second-order valence-corrected chi connectivity index (χ2v) is 5.23. The minimum atomic E-state index is -0.392. The van der Waals surface area contributed by atoms with Crippen LogP contribution >= 0.6 is 11.6 Å². The topological polar surface area (TPSA) is 33.0 Å². The molecule has 1 atom stereocenters. The molecule has 0 aromatic heterocycles. The number of benzene rings is 1. The summed E-state index contributed by atoms with van der Waals surface area (Å²) >= 11 is 6.22. The Labute approximate surface area is 107 Å². The molecule has 1 aliphatic rings. The Hall–Kier alpha value is -1.04. The van der Waals surface area contributed by atoms with Gasteiger partial charge in [0.15, 0.2) is 0 Å². The Kier molecular flexibility index (Phi) is 3.71. The standard InChI is InChI=1S/C14H16ClNO/c1-11-3-4-12(13(15)7-11)8-14(9-16)5-2-6-17-10-14/h3-4,7H,2,5-6,8,10H2,1H3. The third-order valence-electron chi connectivity index (χ3n) is 3.30. The summed E-state index contributed by atoms with van der Waals surface area (Å²) in [6, 6.07) is 8.43. The fourth-order valence-corrected chi connectivity index (χ4v) is 2.58. The second kappa shape index (κ2) is 5.08. The molecular formula is C14H16ClNO. The SMILES string of the molecule is Cc1ccc(CC2(C#N)CCCOC2)c(Cl)c1. The van der Waals surface area contributed by atoms with E-state index in [0.29, 0.717) is 13.0 Å². The van der Waals surface area contributed by atoms with E-state index in [9.17, 15) is 5.26 Å². The first-order valence-corrected chi connectivity index (χ1v) is 6.27. The molecule has 0 radical (unpaired) electrons. The average molecular weight is 250 g/mol. The van der Waals surface area contributed by atoms with Crippen LogP contribution in [-0.2, 0) is 11.2 Å². The molecule has 0 saturated carbocycles. The van der Waals surface area contributed by atoms with Gasteiger partial charge in [-0.15, -0.1) is 0 Å². The smallest absolute Gasteiger partial charge is 0.0848 e. The Balaban J connectivity index is 2.21. The normalized spacial score (nSPS) is 24.3. The van der Waals surface area contributed by atoms with Gasteiger partial charge in [-0.3, -0.25) is 0 Å². The molecule has 1 aromatic rings. The van der Waals surface area contributed by atoms with Crippen molar-refractivity contribution in [3.05, 3.63) is 34.3 Å². The van der Waals surface area contributed by atoms with Gasteiger partial charge in [-0.25, -0.2) is 0 Å². The molecule has 1 aliphatic heterocycles. The van der Waals surface area contributed by atoms with Gasteiger partial charge in [-0.1, -0.05) is 23.7 Å². The first-order valence-electron chi connectivity index (χ1n) is 5.89. The lowest BCUT2D eigenvalue weighted by atomic mass is 9.78. The van der Waals surface area contributed by atoms with E-state index in [-0.39, 0.29) is 0 Å². The summed E-state index contributed by atoms with van der Waals surface area (Å²) in [6.45, 7) is 3.30. The summed E-state index contributed by atoms with van der Waals surface area (Å²) in [6.07, 6.45) is 2.54. The highest BCUT2D eigenvalue weighted by atomic mass is 35.5. The van der Waals surface area contributed by atoms with Crippen molar-refractivity contribution in [1.82, 2.24) is 0 Å². The number of nitrogens with zero attached hydrogens (tertiary/aromatic N) is 1. The van der Waals surface area contributed by atoms with E-state index >= 15 is 0 Å². The first-order chi connectivity index (χ1) is 8.15. The molecule has 0 spiro atoms. The number of rotatable bonds is 2. The monoisotopic (exact) mass is 249 g/mol. The number of nitriles is 1. The van der Waals surface area contributed by atoms with Crippen LogP contribution in [0.3, 0.4) is 0 Å². The summed E-state index contributed by atoms with van der Waals surface area (Å²) in [4.78, 5) is 0. The van der Waals surface area contributed by atoms with Crippen LogP contribution in [0.15, 0.2) is 18.2 Å². The van der Waals surface area contributed by atoms with E-state index in [1.165, 1.54) is 0 Å². The first kappa shape index (κ1) is 12.4. The third-order valence-corrected chi connectivity index (χ3v) is 3.65. The average Bonchev–Trinajstić information content (AvgIpc) is 2.34. The molecule has 1 saturated heterocycles. The molecule has 90 valence electrons. The molecule has 0 aliphatic carbocycles. The molecule has 1 heterocycles. The molecule has 2 rings (SSSR count). The van der Waals surface area contributed by atoms with Crippen LogP contribution in [0.1, 0.15) is 24.0 Å². The van der Waals surface area contributed by atoms with Gasteiger partial charge in [-0.05, 0) is 43.4 Å². The fourth-order valence-electron chi connectivity index (χ4n) is 2.28. The zero-order valence-corrected chi connectivity index (χ0v) is 10.8. The van der Waals surface area contributed by atoms with Gasteiger partial charge in [0.2, 0.25) is 0 Å². The maximum atomic E-state index is 9.38. The van der Waals surface area contributed by atoms with Crippen LogP contribution in [0.2, 0.25) is 5.02 Å². The Morgan fingerprint density at radius 1 is 1.53 bits per heavy atom. The minimum absolute atomic E-state index is 0.392. The lowest BCUT2D eigenvalue weighted by Crippen LogP contribution is -2.32. The van der Waals surface area contributed by atoms with Crippen molar-refractivity contribution in [2.24, 2.45) is 5.41 Å². The van der Waals surface area contributed by atoms with Crippen molar-refractivity contribution in [3.8, 4) is 6.07 Å². The van der Waals surface area contributed by atoms with Crippen LogP contribution < -0.4 is 0 Å². The Morgan fingerprint density at radius 2 is 2.35 bits per heavy atom. The molecule has 0 N–H and O–H groups in total. The highest BCUT2D eigenvalue weighted by molar-refractivity contribution is 6.31. The van der Waals surface area contributed by atoms with Crippen molar-refractivity contribution < 1.29 is 4.74 Å². The predicted octanol–water partition coefficient (Wildman–Crippen LogP) is 3.51. The number of hydrogen-bond donors (Lipinski definition) is 0. The number of hydrogen-bond acceptors (Lipinski definition) is 2. The quantitative estimate of drug-likeness (QED) is 0.804. The van der Waals surface area contributed by atoms with E-state index in [1.807, 2.05) is 25.1 Å². The summed E-state index contributed by atoms with van der Waals surface area (Å²) in [5.74, 6) is 0. The highest BCUT2D eigenvalue weighted by Crippen LogP contribution is 2.34. The van der Waals surface area contributed by atoms with Crippen LogP contribution in [0, 0.1) is 23.7 Å². The molecule has 0 bridgehead atoms. The number of ether oxygens (including phenoxy) is 1. The van der Waals surface area contributed by atoms with Gasteiger partial charge in [0.05, 0.1) is 18.1 Å². The summed E-state index contributed by atoms with van der Waals surface area (Å²) < 4.78 is 5.45. The highest BCUT2D eigenvalue weighted by Gasteiger charge is 2.33. The summed E-state index contributed by atoms with van der Waals surface area (Å²) in [7, 11) is 0. The van der Waals surface area contributed by atoms with Crippen molar-refractivity contribution in [2.75, 3.05) is 13.2 Å². The van der Waals surface area contributed by atoms with Gasteiger partial charge in [0.1, 0.15) is 0 Å².